The Morgan fingerprint density at radius 2 is 1.95 bits per heavy atom. The molecule has 6 rings (SSSR count). The molecule has 0 unspecified atom stereocenters. The van der Waals surface area contributed by atoms with Gasteiger partial charge >= 0.3 is 5.97 Å². The Morgan fingerprint density at radius 1 is 1.10 bits per heavy atom. The molecule has 0 radical (unpaired) electrons. The summed E-state index contributed by atoms with van der Waals surface area (Å²) in [6.45, 7) is 2.37. The molecule has 4 bridgehead atoms. The molecule has 1 aliphatic heterocycles. The van der Waals surface area contributed by atoms with Gasteiger partial charge in [-0.2, -0.15) is 5.26 Å². The highest BCUT2D eigenvalue weighted by Crippen LogP contribution is 2.32. The monoisotopic (exact) mass is 532 g/mol. The van der Waals surface area contributed by atoms with Gasteiger partial charge in [-0.15, -0.1) is 0 Å². The van der Waals surface area contributed by atoms with E-state index in [1.807, 2.05) is 48.9 Å². The van der Waals surface area contributed by atoms with Gasteiger partial charge in [0, 0.05) is 25.1 Å². The average Bonchev–Trinajstić information content (AvgIpc) is 3.27. The molecule has 0 amide bonds. The van der Waals surface area contributed by atoms with Crippen LogP contribution in [0.25, 0.3) is 22.3 Å². The van der Waals surface area contributed by atoms with Crippen LogP contribution in [0.2, 0.25) is 0 Å². The molecule has 0 N–H and O–H groups in total. The van der Waals surface area contributed by atoms with Crippen molar-refractivity contribution in [2.75, 3.05) is 7.11 Å². The SMILES string of the molecule is COC(=O)c1cc(F)c2nc(Cc3cc(C)c4cc3Cc3cc(C#N)ccc3COc3cccc-4n3)n(C)c2c1. The lowest BCUT2D eigenvalue weighted by molar-refractivity contribution is 0.0600. The van der Waals surface area contributed by atoms with Gasteiger partial charge in [0.05, 0.1) is 35.5 Å². The molecule has 1 aliphatic rings. The van der Waals surface area contributed by atoms with Gasteiger partial charge < -0.3 is 14.0 Å². The number of aryl methyl sites for hydroxylation is 2. The molecule has 0 saturated heterocycles. The van der Waals surface area contributed by atoms with E-state index in [9.17, 15) is 14.4 Å². The second kappa shape index (κ2) is 9.93. The average molecular weight is 533 g/mol. The number of ether oxygens (including phenoxy) is 2. The first kappa shape index (κ1) is 25.3. The van der Waals surface area contributed by atoms with Gasteiger partial charge in [-0.1, -0.05) is 18.2 Å². The van der Waals surface area contributed by atoms with Crippen LogP contribution in [0, 0.1) is 24.1 Å². The van der Waals surface area contributed by atoms with Crippen LogP contribution in [0.3, 0.4) is 0 Å². The van der Waals surface area contributed by atoms with Crippen molar-refractivity contribution in [1.82, 2.24) is 14.5 Å². The summed E-state index contributed by atoms with van der Waals surface area (Å²) in [4.78, 5) is 21.4. The number of fused-ring (bicyclic) bond motifs is 7. The van der Waals surface area contributed by atoms with Crippen LogP contribution in [0.5, 0.6) is 5.88 Å². The summed E-state index contributed by atoms with van der Waals surface area (Å²) in [6.07, 6.45) is 1.00. The summed E-state index contributed by atoms with van der Waals surface area (Å²) < 4.78 is 27.6. The van der Waals surface area contributed by atoms with Crippen LogP contribution in [0.1, 0.15) is 49.6 Å². The minimum Gasteiger partial charge on any atom is -0.473 e. The number of hydrogen-bond acceptors (Lipinski definition) is 6. The van der Waals surface area contributed by atoms with Crippen molar-refractivity contribution in [1.29, 1.82) is 5.26 Å². The Kier molecular flexibility index (Phi) is 6.27. The molecule has 3 heterocycles. The first-order chi connectivity index (χ1) is 19.3. The third-order valence-electron chi connectivity index (χ3n) is 7.44. The van der Waals surface area contributed by atoms with Crippen LogP contribution in [0.15, 0.2) is 60.7 Å². The van der Waals surface area contributed by atoms with Gasteiger partial charge in [-0.05, 0) is 77.6 Å². The van der Waals surface area contributed by atoms with Crippen LogP contribution >= 0.6 is 0 Å². The largest absolute Gasteiger partial charge is 0.473 e. The van der Waals surface area contributed by atoms with Gasteiger partial charge in [-0.25, -0.2) is 19.2 Å². The van der Waals surface area contributed by atoms with Gasteiger partial charge in [0.15, 0.2) is 5.82 Å². The summed E-state index contributed by atoms with van der Waals surface area (Å²) in [7, 11) is 3.08. The van der Waals surface area contributed by atoms with E-state index in [1.54, 1.807) is 12.1 Å². The van der Waals surface area contributed by atoms with E-state index in [0.29, 0.717) is 42.2 Å². The van der Waals surface area contributed by atoms with E-state index in [4.69, 9.17) is 14.5 Å². The highest BCUT2D eigenvalue weighted by atomic mass is 19.1. The fourth-order valence-electron chi connectivity index (χ4n) is 5.28. The highest BCUT2D eigenvalue weighted by molar-refractivity contribution is 5.94. The number of nitriles is 1. The number of benzene rings is 3. The minimum atomic E-state index is -0.605. The first-order valence-electron chi connectivity index (χ1n) is 12.8. The van der Waals surface area contributed by atoms with Crippen molar-refractivity contribution in [3.05, 3.63) is 111 Å². The van der Waals surface area contributed by atoms with Crippen LogP contribution in [-0.4, -0.2) is 27.6 Å². The van der Waals surface area contributed by atoms with Gasteiger partial charge in [0.25, 0.3) is 0 Å². The van der Waals surface area contributed by atoms with Gasteiger partial charge in [0.1, 0.15) is 17.9 Å². The van der Waals surface area contributed by atoms with Gasteiger partial charge in [-0.3, -0.25) is 0 Å². The molecule has 198 valence electrons. The maximum atomic E-state index is 15.0. The molecule has 5 aromatic rings. The quantitative estimate of drug-likeness (QED) is 0.272. The molecule has 7 nitrogen and oxygen atoms in total. The number of esters is 1. The Balaban J connectivity index is 1.50. The maximum Gasteiger partial charge on any atom is 0.338 e. The predicted octanol–water partition coefficient (Wildman–Crippen LogP) is 5.82. The Labute approximate surface area is 230 Å². The standard InChI is InChI=1S/C32H25FN4O3/c1-18-9-21(15-29-36-31-26(33)13-24(32(38)39-3)14-28(31)37(29)2)23-11-22-10-19(16-34)7-8-20(22)17-40-30-6-4-5-27(35-30)25(18)12-23/h4-10,12-14H,11,15,17H2,1-3H3. The van der Waals surface area contributed by atoms with E-state index in [2.05, 4.69) is 23.2 Å². The fourth-order valence-corrected chi connectivity index (χ4v) is 5.28. The molecule has 40 heavy (non-hydrogen) atoms. The van der Waals surface area contributed by atoms with E-state index >= 15 is 0 Å². The van der Waals surface area contributed by atoms with E-state index in [1.165, 1.54) is 7.11 Å². The van der Waals surface area contributed by atoms with Crippen molar-refractivity contribution in [2.24, 2.45) is 7.05 Å². The minimum absolute atomic E-state index is 0.135. The lowest BCUT2D eigenvalue weighted by Gasteiger charge is -2.16. The lowest BCUT2D eigenvalue weighted by Crippen LogP contribution is -2.06. The second-order valence-electron chi connectivity index (χ2n) is 9.94. The number of pyridine rings is 1. The number of hydrogen-bond donors (Lipinski definition) is 0. The number of methoxy groups -OCH3 is 1. The topological polar surface area (TPSA) is 90.0 Å². The zero-order valence-electron chi connectivity index (χ0n) is 22.3. The first-order valence-corrected chi connectivity index (χ1v) is 12.8. The molecular weight excluding hydrogens is 507 g/mol. The maximum absolute atomic E-state index is 15.0. The molecule has 0 atom stereocenters. The summed E-state index contributed by atoms with van der Waals surface area (Å²) in [5, 5.41) is 9.56. The second-order valence-corrected chi connectivity index (χ2v) is 9.94. The van der Waals surface area contributed by atoms with Crippen molar-refractivity contribution in [3.8, 4) is 23.2 Å². The van der Waals surface area contributed by atoms with Crippen molar-refractivity contribution >= 4 is 17.0 Å². The van der Waals surface area contributed by atoms with Crippen molar-refractivity contribution in [3.63, 3.8) is 0 Å². The fraction of sp³-hybridized carbons (Fsp3) is 0.188. The smallest absolute Gasteiger partial charge is 0.338 e. The summed E-state index contributed by atoms with van der Waals surface area (Å²) >= 11 is 0. The summed E-state index contributed by atoms with van der Waals surface area (Å²) in [5.74, 6) is 0.0103. The van der Waals surface area contributed by atoms with E-state index < -0.39 is 11.8 Å². The molecule has 3 aromatic carbocycles. The number of nitrogens with zero attached hydrogens (tertiary/aromatic N) is 4. The Hall–Kier alpha value is -5.03. The van der Waals surface area contributed by atoms with E-state index in [0.717, 1.165) is 45.1 Å². The number of carbonyl (C=O) groups excluding carboxylic acids is 1. The highest BCUT2D eigenvalue weighted by Gasteiger charge is 2.20. The van der Waals surface area contributed by atoms with Crippen LogP contribution < -0.4 is 4.74 Å². The number of carbonyl (C=O) groups is 1. The third-order valence-corrected chi connectivity index (χ3v) is 7.44. The molecule has 0 aliphatic carbocycles. The number of aromatic nitrogens is 3. The normalized spacial score (nSPS) is 12.2. The van der Waals surface area contributed by atoms with E-state index in [-0.39, 0.29) is 11.1 Å². The lowest BCUT2D eigenvalue weighted by atomic mass is 9.90. The Morgan fingerprint density at radius 3 is 2.75 bits per heavy atom. The van der Waals surface area contributed by atoms with Crippen molar-refractivity contribution in [2.45, 2.75) is 26.4 Å². The molecule has 0 fully saturated rings. The zero-order chi connectivity index (χ0) is 28.0. The number of rotatable bonds is 3. The van der Waals surface area contributed by atoms with Crippen LogP contribution in [0.4, 0.5) is 4.39 Å². The molecular formula is C32H25FN4O3. The summed E-state index contributed by atoms with van der Waals surface area (Å²) in [6, 6.07) is 20.6. The third kappa shape index (κ3) is 4.46. The molecule has 0 spiro atoms. The summed E-state index contributed by atoms with van der Waals surface area (Å²) in [5.41, 5.74) is 8.30. The van der Waals surface area contributed by atoms with Gasteiger partial charge in [0.2, 0.25) is 5.88 Å². The molecule has 2 aromatic heterocycles. The Bertz CT molecular complexity index is 1870. The van der Waals surface area contributed by atoms with Crippen molar-refractivity contribution < 1.29 is 18.7 Å². The predicted molar refractivity (Wildman–Crippen MR) is 148 cm³/mol. The molecule has 0 saturated carbocycles. The zero-order valence-corrected chi connectivity index (χ0v) is 22.3. The van der Waals surface area contributed by atoms with Crippen LogP contribution in [-0.2, 0) is 31.2 Å². The number of imidazole rings is 1. The molecule has 8 heteroatoms. The number of halogens is 1.